The van der Waals surface area contributed by atoms with Crippen molar-refractivity contribution in [2.75, 3.05) is 45.2 Å². The predicted octanol–water partition coefficient (Wildman–Crippen LogP) is 1.85. The summed E-state index contributed by atoms with van der Waals surface area (Å²) in [6, 6.07) is 11.3. The Bertz CT molecular complexity index is 935. The molecule has 1 amide bonds. The summed E-state index contributed by atoms with van der Waals surface area (Å²) in [4.78, 5) is 16.6. The Balaban J connectivity index is 1.37. The Morgan fingerprint density at radius 3 is 2.73 bits per heavy atom. The molecule has 3 heterocycles. The van der Waals surface area contributed by atoms with Crippen molar-refractivity contribution in [3.05, 3.63) is 51.2 Å². The van der Waals surface area contributed by atoms with Crippen LogP contribution >= 0.6 is 22.9 Å². The van der Waals surface area contributed by atoms with Gasteiger partial charge in [0.15, 0.2) is 5.84 Å². The number of carbonyl (C=O) groups excluding carboxylic acids is 1. The fourth-order valence-electron chi connectivity index (χ4n) is 3.44. The zero-order valence-corrected chi connectivity index (χ0v) is 18.4. The molecule has 30 heavy (non-hydrogen) atoms. The number of likely N-dealkylation sites (N-methyl/N-ethyl adjacent to an activating group) is 2. The van der Waals surface area contributed by atoms with Gasteiger partial charge in [-0.15, -0.1) is 11.3 Å². The number of benzene rings is 1. The quantitative estimate of drug-likeness (QED) is 0.725. The molecule has 2 aliphatic heterocycles. The van der Waals surface area contributed by atoms with E-state index < -0.39 is 6.41 Å². The molecule has 10 heteroatoms. The second-order valence-electron chi connectivity index (χ2n) is 7.32. The summed E-state index contributed by atoms with van der Waals surface area (Å²) < 4.78 is 6.17. The molecule has 0 aliphatic carbocycles. The molecule has 0 radical (unpaired) electrons. The molecule has 2 N–H and O–H groups in total. The molecule has 1 saturated heterocycles. The average Bonchev–Trinajstić information content (AvgIpc) is 3.34. The number of anilines is 1. The van der Waals surface area contributed by atoms with Crippen LogP contribution in [0.4, 0.5) is 5.69 Å². The number of nitrogens with zero attached hydrogens (tertiary/aromatic N) is 4. The second kappa shape index (κ2) is 8.81. The van der Waals surface area contributed by atoms with E-state index in [1.54, 1.807) is 17.0 Å². The predicted molar refractivity (Wildman–Crippen MR) is 118 cm³/mol. The van der Waals surface area contributed by atoms with Crippen LogP contribution in [0.15, 0.2) is 41.5 Å². The molecule has 4 rings (SSSR count). The number of amides is 1. The molecule has 2 aromatic rings. The van der Waals surface area contributed by atoms with Gasteiger partial charge in [0.2, 0.25) is 6.41 Å². The minimum Gasteiger partial charge on any atom is -0.356 e. The highest BCUT2D eigenvalue weighted by molar-refractivity contribution is 7.17. The first-order valence-corrected chi connectivity index (χ1v) is 10.8. The Labute approximate surface area is 184 Å². The molecular weight excluding hydrogens is 426 g/mol. The SMILES string of the molecule is CN1CCN(C)C(c2ccc(N3CC(CNC(=O)c4ccc(Cl)s4)OC3O)cc2)=N1. The molecule has 0 spiro atoms. The van der Waals surface area contributed by atoms with E-state index in [-0.39, 0.29) is 12.0 Å². The van der Waals surface area contributed by atoms with Gasteiger partial charge in [-0.2, -0.15) is 5.10 Å². The van der Waals surface area contributed by atoms with E-state index in [2.05, 4.69) is 15.3 Å². The molecule has 1 aromatic carbocycles. The number of hydrazone groups is 1. The topological polar surface area (TPSA) is 80.6 Å². The van der Waals surface area contributed by atoms with Crippen molar-refractivity contribution in [3.63, 3.8) is 0 Å². The lowest BCUT2D eigenvalue weighted by Gasteiger charge is -2.30. The van der Waals surface area contributed by atoms with E-state index in [1.807, 2.05) is 43.4 Å². The van der Waals surface area contributed by atoms with Gasteiger partial charge >= 0.3 is 0 Å². The van der Waals surface area contributed by atoms with Crippen LogP contribution in [0.2, 0.25) is 4.34 Å². The molecule has 2 atom stereocenters. The monoisotopic (exact) mass is 449 g/mol. The van der Waals surface area contributed by atoms with Gasteiger partial charge in [0, 0.05) is 38.4 Å². The largest absolute Gasteiger partial charge is 0.356 e. The van der Waals surface area contributed by atoms with E-state index in [1.165, 1.54) is 11.3 Å². The van der Waals surface area contributed by atoms with Crippen LogP contribution in [-0.2, 0) is 4.74 Å². The fourth-order valence-corrected chi connectivity index (χ4v) is 4.40. The van der Waals surface area contributed by atoms with E-state index in [0.717, 1.165) is 30.2 Å². The minimum absolute atomic E-state index is 0.199. The number of halogens is 1. The van der Waals surface area contributed by atoms with Gasteiger partial charge in [0.05, 0.1) is 28.4 Å². The molecule has 1 aromatic heterocycles. The number of ether oxygens (including phenoxy) is 1. The molecule has 8 nitrogen and oxygen atoms in total. The molecule has 0 bridgehead atoms. The lowest BCUT2D eigenvalue weighted by atomic mass is 10.1. The van der Waals surface area contributed by atoms with Gasteiger partial charge in [0.25, 0.3) is 5.91 Å². The maximum absolute atomic E-state index is 12.2. The van der Waals surface area contributed by atoms with E-state index >= 15 is 0 Å². The number of rotatable bonds is 5. The van der Waals surface area contributed by atoms with Gasteiger partial charge in [0.1, 0.15) is 0 Å². The number of aliphatic hydroxyl groups is 1. The van der Waals surface area contributed by atoms with Crippen molar-refractivity contribution < 1.29 is 14.6 Å². The Morgan fingerprint density at radius 2 is 2.03 bits per heavy atom. The molecule has 2 aliphatic rings. The Hall–Kier alpha value is -2.33. The third kappa shape index (κ3) is 4.54. The first-order chi connectivity index (χ1) is 14.4. The number of thiophene rings is 1. The van der Waals surface area contributed by atoms with Crippen LogP contribution in [0.25, 0.3) is 0 Å². The van der Waals surface area contributed by atoms with Gasteiger partial charge in [-0.25, -0.2) is 0 Å². The zero-order valence-electron chi connectivity index (χ0n) is 16.8. The molecule has 2 unspecified atom stereocenters. The van der Waals surface area contributed by atoms with Crippen LogP contribution in [0, 0.1) is 0 Å². The standard InChI is InChI=1S/C20H24ClN5O3S/c1-24-9-10-25(2)23-18(24)13-3-5-14(6-4-13)26-12-15(29-20(26)28)11-22-19(27)16-7-8-17(21)30-16/h3-8,15,20,28H,9-12H2,1-2H3,(H,22,27). The number of carbonyl (C=O) groups is 1. The summed E-state index contributed by atoms with van der Waals surface area (Å²) in [6.45, 7) is 2.58. The van der Waals surface area contributed by atoms with Crippen LogP contribution in [0.5, 0.6) is 0 Å². The van der Waals surface area contributed by atoms with E-state index in [4.69, 9.17) is 16.3 Å². The summed E-state index contributed by atoms with van der Waals surface area (Å²) in [5.74, 6) is 0.720. The van der Waals surface area contributed by atoms with Gasteiger partial charge in [-0.05, 0) is 36.4 Å². The van der Waals surface area contributed by atoms with Gasteiger partial charge in [-0.1, -0.05) is 11.6 Å². The van der Waals surface area contributed by atoms with Crippen LogP contribution in [0.3, 0.4) is 0 Å². The molecule has 1 fully saturated rings. The van der Waals surface area contributed by atoms with E-state index in [9.17, 15) is 9.90 Å². The van der Waals surface area contributed by atoms with Gasteiger partial charge < -0.3 is 25.0 Å². The third-order valence-electron chi connectivity index (χ3n) is 5.11. The minimum atomic E-state index is -1.06. The first kappa shape index (κ1) is 20.9. The number of hydrogen-bond acceptors (Lipinski definition) is 8. The zero-order chi connectivity index (χ0) is 21.3. The summed E-state index contributed by atoms with van der Waals surface area (Å²) in [6.07, 6.45) is -1.38. The first-order valence-electron chi connectivity index (χ1n) is 9.66. The Morgan fingerprint density at radius 1 is 1.27 bits per heavy atom. The highest BCUT2D eigenvalue weighted by Gasteiger charge is 2.32. The summed E-state index contributed by atoms with van der Waals surface area (Å²) >= 11 is 7.10. The Kier molecular flexibility index (Phi) is 6.14. The maximum atomic E-state index is 12.2. The van der Waals surface area contributed by atoms with Crippen LogP contribution in [-0.4, -0.2) is 79.6 Å². The lowest BCUT2D eigenvalue weighted by molar-refractivity contribution is -0.0868. The smallest absolute Gasteiger partial charge is 0.261 e. The number of nitrogens with one attached hydrogen (secondary N) is 1. The van der Waals surface area contributed by atoms with Crippen molar-refractivity contribution in [2.24, 2.45) is 5.10 Å². The number of hydrogen-bond donors (Lipinski definition) is 2. The van der Waals surface area contributed by atoms with Crippen molar-refractivity contribution in [1.29, 1.82) is 0 Å². The van der Waals surface area contributed by atoms with Crippen LogP contribution < -0.4 is 10.2 Å². The molecule has 160 valence electrons. The fraction of sp³-hybridized carbons (Fsp3) is 0.400. The van der Waals surface area contributed by atoms with E-state index in [0.29, 0.717) is 22.3 Å². The van der Waals surface area contributed by atoms with Crippen molar-refractivity contribution in [1.82, 2.24) is 15.2 Å². The summed E-state index contributed by atoms with van der Waals surface area (Å²) in [5.41, 5.74) is 1.86. The number of aliphatic hydroxyl groups excluding tert-OH is 1. The van der Waals surface area contributed by atoms with Crippen molar-refractivity contribution in [2.45, 2.75) is 12.5 Å². The lowest BCUT2D eigenvalue weighted by Crippen LogP contribution is -2.40. The summed E-state index contributed by atoms with van der Waals surface area (Å²) in [7, 11) is 3.99. The third-order valence-corrected chi connectivity index (χ3v) is 6.34. The second-order valence-corrected chi connectivity index (χ2v) is 9.04. The highest BCUT2D eigenvalue weighted by Crippen LogP contribution is 2.25. The average molecular weight is 450 g/mol. The normalized spacial score (nSPS) is 21.7. The molecule has 0 saturated carbocycles. The highest BCUT2D eigenvalue weighted by atomic mass is 35.5. The van der Waals surface area contributed by atoms with Crippen LogP contribution in [0.1, 0.15) is 15.2 Å². The van der Waals surface area contributed by atoms with Crippen molar-refractivity contribution >= 4 is 40.4 Å². The van der Waals surface area contributed by atoms with Gasteiger partial charge in [-0.3, -0.25) is 9.80 Å². The molecular formula is C20H24ClN5O3S. The number of amidine groups is 1. The van der Waals surface area contributed by atoms with Crippen molar-refractivity contribution in [3.8, 4) is 0 Å². The maximum Gasteiger partial charge on any atom is 0.261 e. The summed E-state index contributed by atoms with van der Waals surface area (Å²) in [5, 5.41) is 19.7.